The standard InChI is InChI=1S/C39H39N3O5S/c1-29-18-24-36(25-19-29)48(45,46)42(33-20-22-35(23-21-33)47-34-16-8-5-9-17-34)28-38(43)41(27-32-15-11-10-12-30(32)2)37(39(44)40-3)26-31-13-6-4-7-14-31/h4-25,37H,26-28H2,1-3H3,(H,40,44)/t37-/m1/s1. The number of ether oxygens (including phenoxy) is 1. The number of para-hydroxylation sites is 1. The van der Waals surface area contributed by atoms with Crippen molar-refractivity contribution in [2.24, 2.45) is 0 Å². The van der Waals surface area contributed by atoms with Gasteiger partial charge in [0.25, 0.3) is 10.0 Å². The quantitative estimate of drug-likeness (QED) is 0.152. The molecule has 0 spiro atoms. The predicted octanol–water partition coefficient (Wildman–Crippen LogP) is 6.68. The number of nitrogens with zero attached hydrogens (tertiary/aromatic N) is 2. The number of nitrogens with one attached hydrogen (secondary N) is 1. The van der Waals surface area contributed by atoms with E-state index in [0.29, 0.717) is 11.5 Å². The highest BCUT2D eigenvalue weighted by Crippen LogP contribution is 2.29. The van der Waals surface area contributed by atoms with E-state index in [4.69, 9.17) is 4.74 Å². The summed E-state index contributed by atoms with van der Waals surface area (Å²) < 4.78 is 35.6. The van der Waals surface area contributed by atoms with Crippen molar-refractivity contribution in [3.63, 3.8) is 0 Å². The summed E-state index contributed by atoms with van der Waals surface area (Å²) in [6.45, 7) is 3.39. The van der Waals surface area contributed by atoms with Crippen LogP contribution in [-0.2, 0) is 32.6 Å². The molecule has 2 amide bonds. The van der Waals surface area contributed by atoms with E-state index in [9.17, 15) is 18.0 Å². The van der Waals surface area contributed by atoms with Crippen LogP contribution in [0.3, 0.4) is 0 Å². The van der Waals surface area contributed by atoms with Crippen LogP contribution in [0, 0.1) is 13.8 Å². The topological polar surface area (TPSA) is 96.0 Å². The Bertz CT molecular complexity index is 1930. The first-order chi connectivity index (χ1) is 23.2. The average molecular weight is 662 g/mol. The van der Waals surface area contributed by atoms with Gasteiger partial charge in [-0.1, -0.05) is 90.5 Å². The van der Waals surface area contributed by atoms with Gasteiger partial charge in [0.2, 0.25) is 11.8 Å². The molecule has 0 radical (unpaired) electrons. The molecule has 1 atom stereocenters. The fourth-order valence-corrected chi connectivity index (χ4v) is 6.78. The van der Waals surface area contributed by atoms with Crippen molar-refractivity contribution in [3.05, 3.63) is 156 Å². The molecule has 48 heavy (non-hydrogen) atoms. The lowest BCUT2D eigenvalue weighted by atomic mass is 10.0. The Morgan fingerprint density at radius 3 is 1.94 bits per heavy atom. The van der Waals surface area contributed by atoms with Crippen LogP contribution in [0.15, 0.2) is 138 Å². The number of benzene rings is 5. The molecule has 0 heterocycles. The summed E-state index contributed by atoms with van der Waals surface area (Å²) in [5.41, 5.74) is 3.84. The van der Waals surface area contributed by atoms with E-state index in [1.807, 2.05) is 98.8 Å². The first-order valence-electron chi connectivity index (χ1n) is 15.7. The second-order valence-corrected chi connectivity index (χ2v) is 13.4. The molecule has 0 aliphatic rings. The number of anilines is 1. The molecule has 0 bridgehead atoms. The summed E-state index contributed by atoms with van der Waals surface area (Å²) in [5.74, 6) is 0.266. The molecule has 0 aliphatic heterocycles. The molecule has 5 aromatic rings. The summed E-state index contributed by atoms with van der Waals surface area (Å²) in [4.78, 5) is 29.6. The number of carbonyl (C=O) groups excluding carboxylic acids is 2. The van der Waals surface area contributed by atoms with Crippen molar-refractivity contribution >= 4 is 27.5 Å². The number of sulfonamides is 1. The van der Waals surface area contributed by atoms with Crippen LogP contribution in [-0.4, -0.2) is 44.8 Å². The number of aryl methyl sites for hydroxylation is 2. The second kappa shape index (κ2) is 15.5. The maximum absolute atomic E-state index is 14.6. The molecule has 0 aliphatic carbocycles. The normalized spacial score (nSPS) is 11.7. The SMILES string of the molecule is CNC(=O)[C@@H](Cc1ccccc1)N(Cc1ccccc1C)C(=O)CN(c1ccc(Oc2ccccc2)cc1)S(=O)(=O)c1ccc(C)cc1. The van der Waals surface area contributed by atoms with E-state index in [2.05, 4.69) is 5.32 Å². The minimum Gasteiger partial charge on any atom is -0.457 e. The van der Waals surface area contributed by atoms with Crippen LogP contribution in [0.5, 0.6) is 11.5 Å². The van der Waals surface area contributed by atoms with E-state index in [-0.39, 0.29) is 29.5 Å². The number of amides is 2. The molecule has 0 fully saturated rings. The maximum Gasteiger partial charge on any atom is 0.264 e. The Morgan fingerprint density at radius 2 is 1.31 bits per heavy atom. The van der Waals surface area contributed by atoms with Crippen LogP contribution >= 0.6 is 0 Å². The zero-order chi connectivity index (χ0) is 34.1. The molecule has 0 saturated carbocycles. The number of hydrogen-bond acceptors (Lipinski definition) is 5. The number of hydrogen-bond donors (Lipinski definition) is 1. The van der Waals surface area contributed by atoms with Gasteiger partial charge in [0.05, 0.1) is 10.6 Å². The molecule has 1 N–H and O–H groups in total. The Balaban J connectivity index is 1.55. The molecular weight excluding hydrogens is 623 g/mol. The highest BCUT2D eigenvalue weighted by molar-refractivity contribution is 7.92. The molecule has 9 heteroatoms. The molecular formula is C39H39N3O5S. The van der Waals surface area contributed by atoms with E-state index in [1.54, 1.807) is 36.4 Å². The lowest BCUT2D eigenvalue weighted by molar-refractivity contribution is -0.139. The Morgan fingerprint density at radius 1 is 0.729 bits per heavy atom. The van der Waals surface area contributed by atoms with E-state index in [0.717, 1.165) is 26.6 Å². The molecule has 5 rings (SSSR count). The van der Waals surface area contributed by atoms with Gasteiger partial charge in [0.15, 0.2) is 0 Å². The number of likely N-dealkylation sites (N-methyl/N-ethyl adjacent to an activating group) is 1. The van der Waals surface area contributed by atoms with Crippen molar-refractivity contribution < 1.29 is 22.7 Å². The van der Waals surface area contributed by atoms with Crippen LogP contribution in [0.2, 0.25) is 0 Å². The largest absolute Gasteiger partial charge is 0.457 e. The van der Waals surface area contributed by atoms with Crippen LogP contribution in [0.4, 0.5) is 5.69 Å². The highest BCUT2D eigenvalue weighted by Gasteiger charge is 2.34. The fraction of sp³-hybridized carbons (Fsp3) is 0.179. The lowest BCUT2D eigenvalue weighted by Gasteiger charge is -2.34. The Kier molecular flexibility index (Phi) is 10.9. The van der Waals surface area contributed by atoms with Gasteiger partial charge in [-0.25, -0.2) is 8.42 Å². The molecule has 0 saturated heterocycles. The average Bonchev–Trinajstić information content (AvgIpc) is 3.10. The number of carbonyl (C=O) groups is 2. The third kappa shape index (κ3) is 8.29. The summed E-state index contributed by atoms with van der Waals surface area (Å²) in [6.07, 6.45) is 0.244. The zero-order valence-electron chi connectivity index (χ0n) is 27.2. The predicted molar refractivity (Wildman–Crippen MR) is 188 cm³/mol. The van der Waals surface area contributed by atoms with Crippen LogP contribution < -0.4 is 14.4 Å². The minimum absolute atomic E-state index is 0.0445. The third-order valence-corrected chi connectivity index (χ3v) is 9.90. The van der Waals surface area contributed by atoms with Gasteiger partial charge in [-0.2, -0.15) is 0 Å². The monoisotopic (exact) mass is 661 g/mol. The molecule has 246 valence electrons. The van der Waals surface area contributed by atoms with Gasteiger partial charge in [0, 0.05) is 20.0 Å². The van der Waals surface area contributed by atoms with Crippen molar-refractivity contribution in [1.29, 1.82) is 0 Å². The molecule has 8 nitrogen and oxygen atoms in total. The molecule has 5 aromatic carbocycles. The van der Waals surface area contributed by atoms with Gasteiger partial charge in [-0.15, -0.1) is 0 Å². The van der Waals surface area contributed by atoms with Gasteiger partial charge >= 0.3 is 0 Å². The van der Waals surface area contributed by atoms with Gasteiger partial charge in [-0.3, -0.25) is 13.9 Å². The second-order valence-electron chi connectivity index (χ2n) is 11.5. The van der Waals surface area contributed by atoms with Crippen molar-refractivity contribution in [1.82, 2.24) is 10.2 Å². The molecule has 0 aromatic heterocycles. The summed E-state index contributed by atoms with van der Waals surface area (Å²) >= 11 is 0. The smallest absolute Gasteiger partial charge is 0.264 e. The number of rotatable bonds is 13. The van der Waals surface area contributed by atoms with Gasteiger partial charge < -0.3 is 15.0 Å². The zero-order valence-corrected chi connectivity index (χ0v) is 28.1. The van der Waals surface area contributed by atoms with E-state index >= 15 is 0 Å². The first kappa shape index (κ1) is 33.9. The maximum atomic E-state index is 14.6. The third-order valence-electron chi connectivity index (χ3n) is 8.11. The highest BCUT2D eigenvalue weighted by atomic mass is 32.2. The van der Waals surface area contributed by atoms with E-state index in [1.165, 1.54) is 24.1 Å². The van der Waals surface area contributed by atoms with Crippen molar-refractivity contribution in [3.8, 4) is 11.5 Å². The van der Waals surface area contributed by atoms with Gasteiger partial charge in [-0.05, 0) is 79.1 Å². The lowest BCUT2D eigenvalue weighted by Crippen LogP contribution is -2.53. The van der Waals surface area contributed by atoms with E-state index < -0.39 is 28.5 Å². The van der Waals surface area contributed by atoms with Gasteiger partial charge in [0.1, 0.15) is 24.1 Å². The van der Waals surface area contributed by atoms with Crippen LogP contribution in [0.1, 0.15) is 22.3 Å². The summed E-state index contributed by atoms with van der Waals surface area (Å²) in [6, 6.07) is 38.5. The summed E-state index contributed by atoms with van der Waals surface area (Å²) in [7, 11) is -2.69. The fourth-order valence-electron chi connectivity index (χ4n) is 5.36. The molecule has 0 unspecified atom stereocenters. The minimum atomic E-state index is -4.22. The Labute approximate surface area is 282 Å². The first-order valence-corrected chi connectivity index (χ1v) is 17.1. The summed E-state index contributed by atoms with van der Waals surface area (Å²) in [5, 5.41) is 2.71. The van der Waals surface area contributed by atoms with Crippen molar-refractivity contribution in [2.45, 2.75) is 37.8 Å². The van der Waals surface area contributed by atoms with Crippen LogP contribution in [0.25, 0.3) is 0 Å². The Hall–Kier alpha value is -5.41. The van der Waals surface area contributed by atoms with Crippen molar-refractivity contribution in [2.75, 3.05) is 17.9 Å².